The Morgan fingerprint density at radius 1 is 1.17 bits per heavy atom. The number of hydrogen-bond donors (Lipinski definition) is 0. The molecule has 0 saturated heterocycles. The third-order valence-corrected chi connectivity index (χ3v) is 2.29. The van der Waals surface area contributed by atoms with Gasteiger partial charge in [0.15, 0.2) is 0 Å². The number of nitrogens with zero attached hydrogens (tertiary/aromatic N) is 1. The predicted octanol–water partition coefficient (Wildman–Crippen LogP) is 1.59. The van der Waals surface area contributed by atoms with Crippen molar-refractivity contribution in [3.8, 4) is 0 Å². The normalized spacial score (nSPS) is 16.0. The first kappa shape index (κ1) is 9.33. The van der Waals surface area contributed by atoms with Crippen LogP contribution in [0, 0.1) is 0 Å². The molecule has 0 unspecified atom stereocenters. The Morgan fingerprint density at radius 3 is 2.08 bits per heavy atom. The fraction of sp³-hybridized carbons (Fsp3) is 0.400. The first-order chi connectivity index (χ1) is 5.55. The van der Waals surface area contributed by atoms with Gasteiger partial charge in [0.1, 0.15) is 7.85 Å². The monoisotopic (exact) mass is 159 g/mol. The molecule has 2 radical (unpaired) electrons. The Labute approximate surface area is 75.8 Å². The Morgan fingerprint density at radius 2 is 1.67 bits per heavy atom. The molecule has 0 fully saturated rings. The van der Waals surface area contributed by atoms with Crippen LogP contribution in [-0.4, -0.2) is 26.8 Å². The van der Waals surface area contributed by atoms with Crippen LogP contribution in [0.5, 0.6) is 0 Å². The average Bonchev–Trinajstić information content (AvgIpc) is 2.06. The minimum Gasteiger partial charge on any atom is -0.308 e. The molecule has 0 N–H and O–H groups in total. The van der Waals surface area contributed by atoms with Gasteiger partial charge in [-0.25, -0.2) is 0 Å². The summed E-state index contributed by atoms with van der Waals surface area (Å²) in [5, 5.41) is 0. The molecule has 1 atom stereocenters. The van der Waals surface area contributed by atoms with E-state index >= 15 is 0 Å². The Kier molecular flexibility index (Phi) is 2.58. The zero-order valence-electron chi connectivity index (χ0n) is 7.91. The highest BCUT2D eigenvalue weighted by atomic mass is 15.1. The van der Waals surface area contributed by atoms with Crippen molar-refractivity contribution < 1.29 is 0 Å². The molecule has 2 heteroatoms. The van der Waals surface area contributed by atoms with Gasteiger partial charge in [-0.05, 0) is 19.7 Å². The topological polar surface area (TPSA) is 3.24 Å². The van der Waals surface area contributed by atoms with Crippen molar-refractivity contribution in [3.63, 3.8) is 0 Å². The van der Waals surface area contributed by atoms with E-state index in [-0.39, 0.29) is 5.44 Å². The van der Waals surface area contributed by atoms with Crippen LogP contribution in [0.3, 0.4) is 0 Å². The van der Waals surface area contributed by atoms with Crippen molar-refractivity contribution in [2.24, 2.45) is 0 Å². The first-order valence-electron chi connectivity index (χ1n) is 4.07. The van der Waals surface area contributed by atoms with Crippen LogP contribution < -0.4 is 0 Å². The second kappa shape index (κ2) is 3.32. The van der Waals surface area contributed by atoms with Crippen LogP contribution in [0.15, 0.2) is 30.3 Å². The largest absolute Gasteiger partial charge is 0.308 e. The summed E-state index contributed by atoms with van der Waals surface area (Å²) in [6.45, 7) is 2.00. The highest BCUT2D eigenvalue weighted by Gasteiger charge is 2.21. The zero-order valence-corrected chi connectivity index (χ0v) is 7.91. The second-order valence-electron chi connectivity index (χ2n) is 3.41. The summed E-state index contributed by atoms with van der Waals surface area (Å²) in [4.78, 5) is 2.00. The van der Waals surface area contributed by atoms with Crippen molar-refractivity contribution >= 4 is 7.85 Å². The molecule has 0 spiro atoms. The molecule has 0 bridgehead atoms. The summed E-state index contributed by atoms with van der Waals surface area (Å²) >= 11 is 0. The summed E-state index contributed by atoms with van der Waals surface area (Å²) in [7, 11) is 10.1. The van der Waals surface area contributed by atoms with Gasteiger partial charge in [-0.1, -0.05) is 37.3 Å². The number of hydrogen-bond acceptors (Lipinski definition) is 1. The highest BCUT2D eigenvalue weighted by Crippen LogP contribution is 2.20. The van der Waals surface area contributed by atoms with Crippen LogP contribution in [0.2, 0.25) is 0 Å². The SMILES string of the molecule is [B][C@@](C)(c1ccccc1)N(C)C. The summed E-state index contributed by atoms with van der Waals surface area (Å²) in [6.07, 6.45) is 0. The van der Waals surface area contributed by atoms with E-state index in [1.54, 1.807) is 0 Å². The Bertz CT molecular complexity index is 241. The second-order valence-corrected chi connectivity index (χ2v) is 3.41. The summed E-state index contributed by atoms with van der Waals surface area (Å²) in [6, 6.07) is 10.1. The van der Waals surface area contributed by atoms with Crippen molar-refractivity contribution in [1.29, 1.82) is 0 Å². The van der Waals surface area contributed by atoms with Crippen LogP contribution in [0.25, 0.3) is 0 Å². The molecule has 12 heavy (non-hydrogen) atoms. The van der Waals surface area contributed by atoms with Gasteiger partial charge in [0.05, 0.1) is 0 Å². The molecule has 0 aliphatic carbocycles. The predicted molar refractivity (Wildman–Crippen MR) is 53.2 cm³/mol. The number of rotatable bonds is 2. The van der Waals surface area contributed by atoms with Gasteiger partial charge in [-0.15, -0.1) is 0 Å². The quantitative estimate of drug-likeness (QED) is 0.592. The summed E-state index contributed by atoms with van der Waals surface area (Å²) < 4.78 is 0. The molecular formula is C10H14BN. The van der Waals surface area contributed by atoms with Gasteiger partial charge < -0.3 is 4.90 Å². The Hall–Kier alpha value is -0.755. The molecule has 62 valence electrons. The molecule has 0 aromatic heterocycles. The van der Waals surface area contributed by atoms with E-state index in [0.29, 0.717) is 0 Å². The first-order valence-corrected chi connectivity index (χ1v) is 4.07. The van der Waals surface area contributed by atoms with E-state index in [2.05, 4.69) is 0 Å². The lowest BCUT2D eigenvalue weighted by Crippen LogP contribution is -2.38. The molecule has 1 aromatic rings. The fourth-order valence-corrected chi connectivity index (χ4v) is 1.03. The maximum atomic E-state index is 6.11. The Balaban J connectivity index is 2.98. The van der Waals surface area contributed by atoms with Gasteiger partial charge in [-0.3, -0.25) is 0 Å². The third-order valence-electron chi connectivity index (χ3n) is 2.29. The minimum absolute atomic E-state index is 0.374. The van der Waals surface area contributed by atoms with Crippen LogP contribution in [-0.2, 0) is 5.44 Å². The van der Waals surface area contributed by atoms with Gasteiger partial charge in [0.25, 0.3) is 0 Å². The van der Waals surface area contributed by atoms with E-state index in [1.807, 2.05) is 56.3 Å². The van der Waals surface area contributed by atoms with Crippen molar-refractivity contribution in [2.45, 2.75) is 12.4 Å². The smallest absolute Gasteiger partial charge is 0.102 e. The standard InChI is InChI=1S/C10H14BN/c1-10(11,12(2)3)9-7-5-4-6-8-9/h4-8H,1-3H3/t10-/m1/s1. The molecule has 1 nitrogen and oxygen atoms in total. The molecular weight excluding hydrogens is 145 g/mol. The van der Waals surface area contributed by atoms with Crippen LogP contribution in [0.1, 0.15) is 12.5 Å². The number of benzene rings is 1. The molecule has 0 heterocycles. The van der Waals surface area contributed by atoms with Gasteiger partial charge >= 0.3 is 0 Å². The third kappa shape index (κ3) is 1.70. The average molecular weight is 159 g/mol. The molecule has 1 rings (SSSR count). The van der Waals surface area contributed by atoms with E-state index < -0.39 is 0 Å². The highest BCUT2D eigenvalue weighted by molar-refractivity contribution is 6.15. The van der Waals surface area contributed by atoms with E-state index in [4.69, 9.17) is 7.85 Å². The maximum absolute atomic E-state index is 6.11. The van der Waals surface area contributed by atoms with Crippen LogP contribution >= 0.6 is 0 Å². The van der Waals surface area contributed by atoms with Crippen molar-refractivity contribution in [1.82, 2.24) is 4.90 Å². The molecule has 0 amide bonds. The van der Waals surface area contributed by atoms with E-state index in [1.165, 1.54) is 0 Å². The lowest BCUT2D eigenvalue weighted by Gasteiger charge is -2.33. The molecule has 0 saturated carbocycles. The molecule has 1 aromatic carbocycles. The van der Waals surface area contributed by atoms with Crippen molar-refractivity contribution in [3.05, 3.63) is 35.9 Å². The minimum atomic E-state index is -0.374. The maximum Gasteiger partial charge on any atom is 0.102 e. The lowest BCUT2D eigenvalue weighted by molar-refractivity contribution is 0.272. The van der Waals surface area contributed by atoms with Gasteiger partial charge in [-0.2, -0.15) is 0 Å². The van der Waals surface area contributed by atoms with E-state index in [9.17, 15) is 0 Å². The summed E-state index contributed by atoms with van der Waals surface area (Å²) in [5.74, 6) is 0. The lowest BCUT2D eigenvalue weighted by atomic mass is 9.73. The fourth-order valence-electron chi connectivity index (χ4n) is 1.03. The van der Waals surface area contributed by atoms with Crippen LogP contribution in [0.4, 0.5) is 0 Å². The molecule has 0 aliphatic heterocycles. The molecule has 0 aliphatic rings. The zero-order chi connectivity index (χ0) is 9.19. The summed E-state index contributed by atoms with van der Waals surface area (Å²) in [5.41, 5.74) is 0.761. The van der Waals surface area contributed by atoms with E-state index in [0.717, 1.165) is 5.56 Å². The van der Waals surface area contributed by atoms with Gasteiger partial charge in [0.2, 0.25) is 0 Å². The van der Waals surface area contributed by atoms with Gasteiger partial charge in [0, 0.05) is 5.44 Å². The van der Waals surface area contributed by atoms with Crippen molar-refractivity contribution in [2.75, 3.05) is 14.1 Å².